The number of nitrogens with one attached hydrogen (secondary N) is 1. The van der Waals surface area contributed by atoms with Crippen LogP contribution in [0.4, 0.5) is 0 Å². The summed E-state index contributed by atoms with van der Waals surface area (Å²) in [6.07, 6.45) is 1.46. The summed E-state index contributed by atoms with van der Waals surface area (Å²) in [4.78, 5) is 14.6. The maximum absolute atomic E-state index is 12.6. The third kappa shape index (κ3) is 3.97. The Morgan fingerprint density at radius 3 is 2.67 bits per heavy atom. The molecule has 0 spiro atoms. The second kappa shape index (κ2) is 8.31. The highest BCUT2D eigenvalue weighted by Gasteiger charge is 2.20. The SMILES string of the molecule is Cc1nn(-c2ccccc2)c(C)c1CC(=O)N1CCCNCC1.Cl. The van der Waals surface area contributed by atoms with Gasteiger partial charge in [0.05, 0.1) is 17.8 Å². The van der Waals surface area contributed by atoms with Crippen LogP contribution < -0.4 is 5.32 Å². The maximum Gasteiger partial charge on any atom is 0.227 e. The van der Waals surface area contributed by atoms with Crippen molar-refractivity contribution in [1.82, 2.24) is 20.0 Å². The van der Waals surface area contributed by atoms with Gasteiger partial charge in [-0.2, -0.15) is 5.10 Å². The van der Waals surface area contributed by atoms with Crippen molar-refractivity contribution in [1.29, 1.82) is 0 Å². The molecule has 130 valence electrons. The van der Waals surface area contributed by atoms with Gasteiger partial charge < -0.3 is 10.2 Å². The lowest BCUT2D eigenvalue weighted by atomic mass is 10.1. The molecule has 1 aliphatic rings. The summed E-state index contributed by atoms with van der Waals surface area (Å²) in [6, 6.07) is 10.1. The number of rotatable bonds is 3. The van der Waals surface area contributed by atoms with E-state index in [2.05, 4.69) is 10.4 Å². The van der Waals surface area contributed by atoms with Gasteiger partial charge in [0.2, 0.25) is 5.91 Å². The maximum atomic E-state index is 12.6. The summed E-state index contributed by atoms with van der Waals surface area (Å²) < 4.78 is 1.93. The predicted octanol–water partition coefficient (Wildman–Crippen LogP) is 2.28. The van der Waals surface area contributed by atoms with E-state index in [4.69, 9.17) is 0 Å². The number of benzene rings is 1. The minimum Gasteiger partial charge on any atom is -0.341 e. The van der Waals surface area contributed by atoms with Gasteiger partial charge in [0.1, 0.15) is 0 Å². The fourth-order valence-corrected chi connectivity index (χ4v) is 3.11. The Bertz CT molecular complexity index is 676. The molecule has 1 aliphatic heterocycles. The minimum atomic E-state index is 0. The van der Waals surface area contributed by atoms with Crippen molar-refractivity contribution in [3.05, 3.63) is 47.3 Å². The zero-order valence-corrected chi connectivity index (χ0v) is 15.1. The molecular weight excluding hydrogens is 324 g/mol. The van der Waals surface area contributed by atoms with Gasteiger partial charge in [0.25, 0.3) is 0 Å². The molecule has 1 aromatic carbocycles. The van der Waals surface area contributed by atoms with Crippen molar-refractivity contribution in [2.75, 3.05) is 26.2 Å². The number of amides is 1. The highest BCUT2D eigenvalue weighted by molar-refractivity contribution is 5.85. The molecule has 1 saturated heterocycles. The van der Waals surface area contributed by atoms with E-state index in [1.54, 1.807) is 0 Å². The number of carbonyl (C=O) groups is 1. The molecule has 0 unspecified atom stereocenters. The molecule has 2 aromatic rings. The number of para-hydroxylation sites is 1. The molecule has 24 heavy (non-hydrogen) atoms. The summed E-state index contributed by atoms with van der Waals surface area (Å²) in [7, 11) is 0. The molecular formula is C18H25ClN4O. The van der Waals surface area contributed by atoms with Crippen molar-refractivity contribution >= 4 is 18.3 Å². The molecule has 1 fully saturated rings. The van der Waals surface area contributed by atoms with Crippen molar-refractivity contribution in [3.8, 4) is 5.69 Å². The number of hydrogen-bond donors (Lipinski definition) is 1. The summed E-state index contributed by atoms with van der Waals surface area (Å²) in [5, 5.41) is 7.96. The Kier molecular flexibility index (Phi) is 6.40. The average molecular weight is 349 g/mol. The van der Waals surface area contributed by atoms with Gasteiger partial charge in [-0.05, 0) is 38.9 Å². The van der Waals surface area contributed by atoms with Crippen LogP contribution in [-0.2, 0) is 11.2 Å². The fourth-order valence-electron chi connectivity index (χ4n) is 3.11. The molecule has 0 saturated carbocycles. The summed E-state index contributed by atoms with van der Waals surface area (Å²) in [6.45, 7) is 7.54. The first-order valence-electron chi connectivity index (χ1n) is 8.26. The second-order valence-electron chi connectivity index (χ2n) is 6.06. The predicted molar refractivity (Wildman–Crippen MR) is 98.1 cm³/mol. The van der Waals surface area contributed by atoms with Crippen LogP contribution in [0.1, 0.15) is 23.4 Å². The van der Waals surface area contributed by atoms with Gasteiger partial charge in [-0.25, -0.2) is 4.68 Å². The van der Waals surface area contributed by atoms with E-state index >= 15 is 0 Å². The Balaban J connectivity index is 0.00000208. The highest BCUT2D eigenvalue weighted by Crippen LogP contribution is 2.19. The number of carbonyl (C=O) groups excluding carboxylic acids is 1. The second-order valence-corrected chi connectivity index (χ2v) is 6.06. The van der Waals surface area contributed by atoms with Crippen LogP contribution in [0.2, 0.25) is 0 Å². The van der Waals surface area contributed by atoms with E-state index < -0.39 is 0 Å². The molecule has 0 aliphatic carbocycles. The lowest BCUT2D eigenvalue weighted by molar-refractivity contribution is -0.130. The zero-order chi connectivity index (χ0) is 16.2. The van der Waals surface area contributed by atoms with Gasteiger partial charge in [-0.1, -0.05) is 18.2 Å². The van der Waals surface area contributed by atoms with Crippen LogP contribution in [0.25, 0.3) is 5.69 Å². The third-order valence-corrected chi connectivity index (χ3v) is 4.46. The number of nitrogens with zero attached hydrogens (tertiary/aromatic N) is 3. The van der Waals surface area contributed by atoms with Crippen LogP contribution in [-0.4, -0.2) is 46.8 Å². The van der Waals surface area contributed by atoms with Crippen LogP contribution in [0.3, 0.4) is 0 Å². The van der Waals surface area contributed by atoms with Gasteiger partial charge in [-0.3, -0.25) is 4.79 Å². The molecule has 0 radical (unpaired) electrons. The number of halogens is 1. The largest absolute Gasteiger partial charge is 0.341 e. The average Bonchev–Trinajstić information content (AvgIpc) is 2.78. The van der Waals surface area contributed by atoms with Crippen LogP contribution in [0, 0.1) is 13.8 Å². The Morgan fingerprint density at radius 1 is 1.17 bits per heavy atom. The molecule has 5 nitrogen and oxygen atoms in total. The molecule has 0 atom stereocenters. The normalized spacial score (nSPS) is 14.8. The third-order valence-electron chi connectivity index (χ3n) is 4.46. The molecule has 3 rings (SSSR count). The van der Waals surface area contributed by atoms with Gasteiger partial charge >= 0.3 is 0 Å². The first-order valence-corrected chi connectivity index (χ1v) is 8.26. The smallest absolute Gasteiger partial charge is 0.227 e. The molecule has 2 heterocycles. The Labute approximate surface area is 149 Å². The minimum absolute atomic E-state index is 0. The van der Waals surface area contributed by atoms with Crippen LogP contribution in [0.5, 0.6) is 0 Å². The first-order chi connectivity index (χ1) is 11.2. The van der Waals surface area contributed by atoms with E-state index in [1.165, 1.54) is 0 Å². The lowest BCUT2D eigenvalue weighted by Gasteiger charge is -2.20. The number of aromatic nitrogens is 2. The lowest BCUT2D eigenvalue weighted by Crippen LogP contribution is -2.35. The van der Waals surface area contributed by atoms with E-state index in [9.17, 15) is 4.79 Å². The number of hydrogen-bond acceptors (Lipinski definition) is 3. The van der Waals surface area contributed by atoms with E-state index in [0.717, 1.165) is 55.2 Å². The molecule has 0 bridgehead atoms. The van der Waals surface area contributed by atoms with Crippen molar-refractivity contribution in [2.24, 2.45) is 0 Å². The van der Waals surface area contributed by atoms with Crippen LogP contribution >= 0.6 is 12.4 Å². The van der Waals surface area contributed by atoms with Gasteiger partial charge in [-0.15, -0.1) is 12.4 Å². The molecule has 1 amide bonds. The summed E-state index contributed by atoms with van der Waals surface area (Å²) in [5.74, 6) is 0.201. The molecule has 6 heteroatoms. The topological polar surface area (TPSA) is 50.2 Å². The summed E-state index contributed by atoms with van der Waals surface area (Å²) in [5.41, 5.74) is 4.07. The first kappa shape index (κ1) is 18.5. The van der Waals surface area contributed by atoms with E-state index in [0.29, 0.717) is 6.42 Å². The van der Waals surface area contributed by atoms with Crippen molar-refractivity contribution < 1.29 is 4.79 Å². The fraction of sp³-hybridized carbons (Fsp3) is 0.444. The standard InChI is InChI=1S/C18H24N4O.ClH/c1-14-17(13-18(23)21-11-6-9-19-10-12-21)15(2)22(20-14)16-7-4-3-5-8-16;/h3-5,7-8,19H,6,9-13H2,1-2H3;1H. The zero-order valence-electron chi connectivity index (χ0n) is 14.3. The highest BCUT2D eigenvalue weighted by atomic mass is 35.5. The van der Waals surface area contributed by atoms with Crippen molar-refractivity contribution in [3.63, 3.8) is 0 Å². The molecule has 1 N–H and O–H groups in total. The van der Waals surface area contributed by atoms with Gasteiger partial charge in [0, 0.05) is 30.9 Å². The molecule has 1 aromatic heterocycles. The van der Waals surface area contributed by atoms with Gasteiger partial charge in [0.15, 0.2) is 0 Å². The quantitative estimate of drug-likeness (QED) is 0.925. The van der Waals surface area contributed by atoms with Crippen LogP contribution in [0.15, 0.2) is 30.3 Å². The Morgan fingerprint density at radius 2 is 1.92 bits per heavy atom. The van der Waals surface area contributed by atoms with E-state index in [1.807, 2.05) is 53.8 Å². The van der Waals surface area contributed by atoms with Crippen molar-refractivity contribution in [2.45, 2.75) is 26.7 Å². The van der Waals surface area contributed by atoms with E-state index in [-0.39, 0.29) is 18.3 Å². The Hall–Kier alpha value is -1.85. The summed E-state index contributed by atoms with van der Waals surface area (Å²) >= 11 is 0. The number of aryl methyl sites for hydroxylation is 1. The monoisotopic (exact) mass is 348 g/mol.